The number of rotatable bonds is 6. The fraction of sp³-hybridized carbons (Fsp3) is 0.929. The molecule has 0 aromatic carbocycles. The number of nitrogens with two attached hydrogens (primary N) is 1. The second-order valence-corrected chi connectivity index (χ2v) is 5.93. The molecule has 0 aromatic rings. The molecule has 4 heteroatoms. The Kier molecular flexibility index (Phi) is 5.01. The van der Waals surface area contributed by atoms with Gasteiger partial charge in [0.15, 0.2) is 0 Å². The van der Waals surface area contributed by atoms with Gasteiger partial charge in [0.25, 0.3) is 0 Å². The second-order valence-electron chi connectivity index (χ2n) is 5.93. The van der Waals surface area contributed by atoms with E-state index in [0.717, 1.165) is 39.0 Å². The molecule has 1 aliphatic carbocycles. The molecule has 18 heavy (non-hydrogen) atoms. The fourth-order valence-corrected chi connectivity index (χ4v) is 2.87. The Morgan fingerprint density at radius 3 is 2.61 bits per heavy atom. The average Bonchev–Trinajstić information content (AvgIpc) is 2.37. The van der Waals surface area contributed by atoms with Crippen LogP contribution in [0.25, 0.3) is 0 Å². The van der Waals surface area contributed by atoms with E-state index in [-0.39, 0.29) is 11.3 Å². The van der Waals surface area contributed by atoms with Crippen molar-refractivity contribution < 1.29 is 9.53 Å². The Bertz CT molecular complexity index is 265. The fourth-order valence-electron chi connectivity index (χ4n) is 2.87. The van der Waals surface area contributed by atoms with Crippen LogP contribution in [0.4, 0.5) is 0 Å². The van der Waals surface area contributed by atoms with Crippen LogP contribution in [0.3, 0.4) is 0 Å². The molecule has 1 amide bonds. The summed E-state index contributed by atoms with van der Waals surface area (Å²) in [4.78, 5) is 11.8. The Hall–Kier alpha value is -0.610. The van der Waals surface area contributed by atoms with Crippen molar-refractivity contribution in [1.82, 2.24) is 5.32 Å². The number of hydrogen-bond acceptors (Lipinski definition) is 3. The lowest BCUT2D eigenvalue weighted by molar-refractivity contribution is -0.122. The minimum Gasteiger partial charge on any atom is -0.381 e. The van der Waals surface area contributed by atoms with Crippen molar-refractivity contribution in [2.75, 3.05) is 26.3 Å². The van der Waals surface area contributed by atoms with E-state index in [1.54, 1.807) is 0 Å². The molecule has 2 fully saturated rings. The SMILES string of the molecule is NCC1(CNC(=O)CCC2CCOCC2)CCC1. The maximum atomic E-state index is 11.8. The molecule has 0 bridgehead atoms. The molecule has 3 N–H and O–H groups in total. The summed E-state index contributed by atoms with van der Waals surface area (Å²) in [5.41, 5.74) is 6.00. The number of amides is 1. The quantitative estimate of drug-likeness (QED) is 0.754. The molecular weight excluding hydrogens is 228 g/mol. The third-order valence-corrected chi connectivity index (χ3v) is 4.63. The van der Waals surface area contributed by atoms with Crippen LogP contribution in [0.2, 0.25) is 0 Å². The van der Waals surface area contributed by atoms with E-state index in [1.165, 1.54) is 19.3 Å². The van der Waals surface area contributed by atoms with Gasteiger partial charge in [-0.1, -0.05) is 6.42 Å². The van der Waals surface area contributed by atoms with Gasteiger partial charge < -0.3 is 15.8 Å². The topological polar surface area (TPSA) is 64.3 Å². The third-order valence-electron chi connectivity index (χ3n) is 4.63. The van der Waals surface area contributed by atoms with Crippen LogP contribution < -0.4 is 11.1 Å². The lowest BCUT2D eigenvalue weighted by Gasteiger charge is -2.41. The van der Waals surface area contributed by atoms with E-state index in [1.807, 2.05) is 0 Å². The van der Waals surface area contributed by atoms with Crippen LogP contribution in [-0.4, -0.2) is 32.2 Å². The molecule has 0 unspecified atom stereocenters. The summed E-state index contributed by atoms with van der Waals surface area (Å²) in [7, 11) is 0. The van der Waals surface area contributed by atoms with Crippen molar-refractivity contribution in [3.8, 4) is 0 Å². The summed E-state index contributed by atoms with van der Waals surface area (Å²) in [5, 5.41) is 3.07. The molecule has 2 rings (SSSR count). The predicted molar refractivity (Wildman–Crippen MR) is 71.1 cm³/mol. The van der Waals surface area contributed by atoms with Gasteiger partial charge in [-0.25, -0.2) is 0 Å². The van der Waals surface area contributed by atoms with Gasteiger partial charge in [0.1, 0.15) is 0 Å². The zero-order valence-electron chi connectivity index (χ0n) is 11.2. The normalized spacial score (nSPS) is 23.4. The molecule has 0 spiro atoms. The maximum Gasteiger partial charge on any atom is 0.220 e. The van der Waals surface area contributed by atoms with Crippen LogP contribution in [0, 0.1) is 11.3 Å². The molecule has 1 aliphatic heterocycles. The highest BCUT2D eigenvalue weighted by atomic mass is 16.5. The summed E-state index contributed by atoms with van der Waals surface area (Å²) in [5.74, 6) is 0.873. The predicted octanol–water partition coefficient (Wildman–Crippen LogP) is 1.44. The van der Waals surface area contributed by atoms with Crippen LogP contribution in [0.5, 0.6) is 0 Å². The first kappa shape index (κ1) is 13.8. The Morgan fingerprint density at radius 2 is 2.06 bits per heavy atom. The largest absolute Gasteiger partial charge is 0.381 e. The maximum absolute atomic E-state index is 11.8. The number of carbonyl (C=O) groups excluding carboxylic acids is 1. The molecule has 2 aliphatic rings. The van der Waals surface area contributed by atoms with Crippen LogP contribution in [-0.2, 0) is 9.53 Å². The van der Waals surface area contributed by atoms with Crippen molar-refractivity contribution in [2.24, 2.45) is 17.1 Å². The highest BCUT2D eigenvalue weighted by Gasteiger charge is 2.35. The first-order chi connectivity index (χ1) is 8.74. The van der Waals surface area contributed by atoms with Crippen LogP contribution in [0.1, 0.15) is 44.9 Å². The van der Waals surface area contributed by atoms with E-state index < -0.39 is 0 Å². The van der Waals surface area contributed by atoms with Gasteiger partial charge >= 0.3 is 0 Å². The van der Waals surface area contributed by atoms with Crippen molar-refractivity contribution in [1.29, 1.82) is 0 Å². The zero-order chi connectivity index (χ0) is 12.8. The van der Waals surface area contributed by atoms with E-state index in [0.29, 0.717) is 18.9 Å². The summed E-state index contributed by atoms with van der Waals surface area (Å²) in [6.45, 7) is 3.20. The summed E-state index contributed by atoms with van der Waals surface area (Å²) < 4.78 is 5.32. The third kappa shape index (κ3) is 3.69. The smallest absolute Gasteiger partial charge is 0.220 e. The van der Waals surface area contributed by atoms with Gasteiger partial charge in [-0.15, -0.1) is 0 Å². The highest BCUT2D eigenvalue weighted by molar-refractivity contribution is 5.75. The van der Waals surface area contributed by atoms with Crippen molar-refractivity contribution in [2.45, 2.75) is 44.9 Å². The van der Waals surface area contributed by atoms with Gasteiger partial charge in [0.2, 0.25) is 5.91 Å². The van der Waals surface area contributed by atoms with Crippen molar-refractivity contribution >= 4 is 5.91 Å². The van der Waals surface area contributed by atoms with E-state index in [4.69, 9.17) is 10.5 Å². The molecule has 104 valence electrons. The van der Waals surface area contributed by atoms with E-state index >= 15 is 0 Å². The standard InChI is InChI=1S/C14H26N2O2/c15-10-14(6-1-7-14)11-16-13(17)3-2-12-4-8-18-9-5-12/h12H,1-11,15H2,(H,16,17). The molecule has 1 saturated heterocycles. The van der Waals surface area contributed by atoms with Gasteiger partial charge in [0, 0.05) is 26.2 Å². The number of nitrogens with one attached hydrogen (secondary N) is 1. The van der Waals surface area contributed by atoms with Crippen molar-refractivity contribution in [3.63, 3.8) is 0 Å². The first-order valence-corrected chi connectivity index (χ1v) is 7.29. The summed E-state index contributed by atoms with van der Waals surface area (Å²) >= 11 is 0. The molecule has 1 saturated carbocycles. The molecule has 1 heterocycles. The lowest BCUT2D eigenvalue weighted by atomic mass is 9.69. The molecule has 0 radical (unpaired) electrons. The molecular formula is C14H26N2O2. The van der Waals surface area contributed by atoms with Gasteiger partial charge in [-0.05, 0) is 50.0 Å². The van der Waals surface area contributed by atoms with Crippen molar-refractivity contribution in [3.05, 3.63) is 0 Å². The average molecular weight is 254 g/mol. The lowest BCUT2D eigenvalue weighted by Crippen LogP contribution is -2.46. The Balaban J connectivity index is 1.59. The van der Waals surface area contributed by atoms with E-state index in [9.17, 15) is 4.79 Å². The number of carbonyl (C=O) groups is 1. The van der Waals surface area contributed by atoms with Gasteiger partial charge in [-0.2, -0.15) is 0 Å². The minimum absolute atomic E-state index is 0.196. The van der Waals surface area contributed by atoms with Crippen LogP contribution in [0.15, 0.2) is 0 Å². The van der Waals surface area contributed by atoms with Crippen LogP contribution >= 0.6 is 0 Å². The molecule has 0 aromatic heterocycles. The summed E-state index contributed by atoms with van der Waals surface area (Å²) in [6.07, 6.45) is 7.48. The van der Waals surface area contributed by atoms with Gasteiger partial charge in [0.05, 0.1) is 0 Å². The first-order valence-electron chi connectivity index (χ1n) is 7.29. The van der Waals surface area contributed by atoms with Gasteiger partial charge in [-0.3, -0.25) is 4.79 Å². The number of hydrogen-bond donors (Lipinski definition) is 2. The highest BCUT2D eigenvalue weighted by Crippen LogP contribution is 2.39. The molecule has 4 nitrogen and oxygen atoms in total. The monoisotopic (exact) mass is 254 g/mol. The summed E-state index contributed by atoms with van der Waals surface area (Å²) in [6, 6.07) is 0. The molecule has 0 atom stereocenters. The van der Waals surface area contributed by atoms with E-state index in [2.05, 4.69) is 5.32 Å². The Labute approximate surface area is 110 Å². The zero-order valence-corrected chi connectivity index (χ0v) is 11.2. The second kappa shape index (κ2) is 6.53. The minimum atomic E-state index is 0.196. The number of ether oxygens (including phenoxy) is 1. The Morgan fingerprint density at radius 1 is 1.33 bits per heavy atom.